The van der Waals surface area contributed by atoms with Crippen LogP contribution in [0.15, 0.2) is 12.3 Å². The van der Waals surface area contributed by atoms with Crippen molar-refractivity contribution in [3.8, 4) is 0 Å². The third-order valence-electron chi connectivity index (χ3n) is 3.33. The van der Waals surface area contributed by atoms with E-state index in [1.165, 1.54) is 0 Å². The quantitative estimate of drug-likeness (QED) is 0.826. The maximum atomic E-state index is 11.4. The molecule has 0 saturated carbocycles. The molecule has 1 unspecified atom stereocenters. The van der Waals surface area contributed by atoms with E-state index in [9.17, 15) is 9.90 Å². The van der Waals surface area contributed by atoms with Crippen molar-refractivity contribution in [1.29, 1.82) is 0 Å². The predicted molar refractivity (Wildman–Crippen MR) is 63.9 cm³/mol. The van der Waals surface area contributed by atoms with Gasteiger partial charge in [-0.15, -0.1) is 0 Å². The van der Waals surface area contributed by atoms with Crippen LogP contribution in [0.1, 0.15) is 38.4 Å². The highest BCUT2D eigenvalue weighted by Crippen LogP contribution is 2.24. The Hall–Kier alpha value is -1.36. The first kappa shape index (κ1) is 12.1. The molecule has 2 rings (SSSR count). The summed E-state index contributed by atoms with van der Waals surface area (Å²) in [6.07, 6.45) is 3.96. The van der Waals surface area contributed by atoms with Crippen molar-refractivity contribution in [2.75, 3.05) is 6.54 Å². The highest BCUT2D eigenvalue weighted by Gasteiger charge is 2.41. The van der Waals surface area contributed by atoms with Crippen LogP contribution in [0.25, 0.3) is 0 Å². The second-order valence-electron chi connectivity index (χ2n) is 4.98. The van der Waals surface area contributed by atoms with Crippen LogP contribution < -0.4 is 5.32 Å². The summed E-state index contributed by atoms with van der Waals surface area (Å²) in [4.78, 5) is 11.4. The van der Waals surface area contributed by atoms with E-state index in [-0.39, 0.29) is 0 Å². The Morgan fingerprint density at radius 1 is 1.71 bits per heavy atom. The van der Waals surface area contributed by atoms with Gasteiger partial charge in [-0.3, -0.25) is 9.48 Å². The Morgan fingerprint density at radius 3 is 2.94 bits per heavy atom. The number of rotatable bonds is 4. The zero-order chi connectivity index (χ0) is 12.5. The van der Waals surface area contributed by atoms with Crippen LogP contribution in [-0.2, 0) is 11.2 Å². The molecule has 17 heavy (non-hydrogen) atoms. The molecule has 2 N–H and O–H groups in total. The zero-order valence-electron chi connectivity index (χ0n) is 10.3. The smallest absolute Gasteiger partial charge is 0.324 e. The van der Waals surface area contributed by atoms with Crippen molar-refractivity contribution in [3.05, 3.63) is 18.0 Å². The van der Waals surface area contributed by atoms with Gasteiger partial charge < -0.3 is 10.4 Å². The van der Waals surface area contributed by atoms with E-state index in [1.807, 2.05) is 16.9 Å². The van der Waals surface area contributed by atoms with E-state index < -0.39 is 11.5 Å². The fraction of sp³-hybridized carbons (Fsp3) is 0.667. The minimum Gasteiger partial charge on any atom is -0.480 e. The number of hydrogen-bond donors (Lipinski definition) is 2. The highest BCUT2D eigenvalue weighted by molar-refractivity contribution is 5.79. The summed E-state index contributed by atoms with van der Waals surface area (Å²) in [7, 11) is 0. The Bertz CT molecular complexity index is 406. The lowest BCUT2D eigenvalue weighted by Crippen LogP contribution is -2.49. The van der Waals surface area contributed by atoms with Gasteiger partial charge in [0.25, 0.3) is 0 Å². The fourth-order valence-electron chi connectivity index (χ4n) is 2.28. The average Bonchev–Trinajstić information content (AvgIpc) is 2.88. The van der Waals surface area contributed by atoms with Gasteiger partial charge in [0.15, 0.2) is 0 Å². The molecular weight excluding hydrogens is 218 g/mol. The van der Waals surface area contributed by atoms with E-state index in [1.54, 1.807) is 0 Å². The van der Waals surface area contributed by atoms with Gasteiger partial charge in [-0.05, 0) is 39.3 Å². The molecule has 94 valence electrons. The standard InChI is InChI=1S/C12H19N3O2/c1-9(2)15-7-4-10(14-15)8-12(11(16)17)5-3-6-13-12/h4,7,9,13H,3,5-6,8H2,1-2H3,(H,16,17). The maximum absolute atomic E-state index is 11.4. The van der Waals surface area contributed by atoms with Gasteiger partial charge in [0.05, 0.1) is 5.69 Å². The molecule has 1 aliphatic rings. The molecule has 5 nitrogen and oxygen atoms in total. The molecule has 1 aromatic heterocycles. The minimum absolute atomic E-state index is 0.307. The van der Waals surface area contributed by atoms with Gasteiger partial charge in [0.2, 0.25) is 0 Å². The van der Waals surface area contributed by atoms with Crippen LogP contribution in [0, 0.1) is 0 Å². The summed E-state index contributed by atoms with van der Waals surface area (Å²) >= 11 is 0. The fourth-order valence-corrected chi connectivity index (χ4v) is 2.28. The molecule has 0 aromatic carbocycles. The number of nitrogens with zero attached hydrogens (tertiary/aromatic N) is 2. The van der Waals surface area contributed by atoms with Crippen molar-refractivity contribution >= 4 is 5.97 Å². The van der Waals surface area contributed by atoms with Crippen LogP contribution in [0.3, 0.4) is 0 Å². The lowest BCUT2D eigenvalue weighted by molar-refractivity contribution is -0.144. The first-order valence-corrected chi connectivity index (χ1v) is 6.06. The molecule has 0 amide bonds. The molecule has 0 bridgehead atoms. The van der Waals surface area contributed by atoms with Crippen molar-refractivity contribution in [2.45, 2.75) is 44.7 Å². The van der Waals surface area contributed by atoms with Crippen LogP contribution in [0.2, 0.25) is 0 Å². The summed E-state index contributed by atoms with van der Waals surface area (Å²) in [5, 5.41) is 16.9. The third kappa shape index (κ3) is 2.34. The number of carboxylic acids is 1. The minimum atomic E-state index is -0.809. The van der Waals surface area contributed by atoms with Crippen LogP contribution in [-0.4, -0.2) is 32.9 Å². The van der Waals surface area contributed by atoms with Crippen molar-refractivity contribution in [2.24, 2.45) is 0 Å². The van der Waals surface area contributed by atoms with Gasteiger partial charge in [0.1, 0.15) is 5.54 Å². The first-order valence-electron chi connectivity index (χ1n) is 6.06. The Labute approximate surface area is 101 Å². The molecule has 0 spiro atoms. The molecule has 1 saturated heterocycles. The van der Waals surface area contributed by atoms with E-state index in [2.05, 4.69) is 24.3 Å². The Morgan fingerprint density at radius 2 is 2.47 bits per heavy atom. The van der Waals surface area contributed by atoms with Crippen LogP contribution >= 0.6 is 0 Å². The van der Waals surface area contributed by atoms with Gasteiger partial charge in [-0.25, -0.2) is 0 Å². The molecule has 1 atom stereocenters. The number of hydrogen-bond acceptors (Lipinski definition) is 3. The van der Waals surface area contributed by atoms with E-state index in [0.717, 1.165) is 18.7 Å². The summed E-state index contributed by atoms with van der Waals surface area (Å²) < 4.78 is 1.86. The maximum Gasteiger partial charge on any atom is 0.324 e. The van der Waals surface area contributed by atoms with Gasteiger partial charge in [-0.1, -0.05) is 0 Å². The molecular formula is C12H19N3O2. The second-order valence-corrected chi connectivity index (χ2v) is 4.98. The largest absolute Gasteiger partial charge is 0.480 e. The zero-order valence-corrected chi connectivity index (χ0v) is 10.3. The van der Waals surface area contributed by atoms with E-state index in [0.29, 0.717) is 18.9 Å². The summed E-state index contributed by atoms with van der Waals surface area (Å²) in [6, 6.07) is 2.21. The molecule has 0 aliphatic carbocycles. The lowest BCUT2D eigenvalue weighted by Gasteiger charge is -2.23. The summed E-state index contributed by atoms with van der Waals surface area (Å²) in [6.45, 7) is 4.88. The van der Waals surface area contributed by atoms with Crippen LogP contribution in [0.5, 0.6) is 0 Å². The molecule has 2 heterocycles. The highest BCUT2D eigenvalue weighted by atomic mass is 16.4. The third-order valence-corrected chi connectivity index (χ3v) is 3.33. The summed E-state index contributed by atoms with van der Waals surface area (Å²) in [5.74, 6) is -0.769. The van der Waals surface area contributed by atoms with Gasteiger partial charge >= 0.3 is 5.97 Å². The number of carbonyl (C=O) groups is 1. The van der Waals surface area contributed by atoms with Gasteiger partial charge in [0, 0.05) is 18.7 Å². The normalized spacial score (nSPS) is 24.4. The molecule has 0 radical (unpaired) electrons. The van der Waals surface area contributed by atoms with Crippen molar-refractivity contribution < 1.29 is 9.90 Å². The number of aromatic nitrogens is 2. The van der Waals surface area contributed by atoms with E-state index in [4.69, 9.17) is 0 Å². The van der Waals surface area contributed by atoms with Crippen LogP contribution in [0.4, 0.5) is 0 Å². The SMILES string of the molecule is CC(C)n1ccc(CC2(C(=O)O)CCCN2)n1. The monoisotopic (exact) mass is 237 g/mol. The molecule has 1 aromatic rings. The summed E-state index contributed by atoms with van der Waals surface area (Å²) in [5.41, 5.74) is 0.0337. The number of nitrogens with one attached hydrogen (secondary N) is 1. The molecule has 1 aliphatic heterocycles. The second kappa shape index (κ2) is 4.49. The number of carboxylic acid groups (broad SMARTS) is 1. The van der Waals surface area contributed by atoms with E-state index >= 15 is 0 Å². The Balaban J connectivity index is 2.15. The molecule has 1 fully saturated rings. The van der Waals surface area contributed by atoms with Crippen molar-refractivity contribution in [3.63, 3.8) is 0 Å². The van der Waals surface area contributed by atoms with Crippen molar-refractivity contribution in [1.82, 2.24) is 15.1 Å². The topological polar surface area (TPSA) is 67.2 Å². The predicted octanol–water partition coefficient (Wildman–Crippen LogP) is 1.21. The number of aliphatic carboxylic acids is 1. The average molecular weight is 237 g/mol. The first-order chi connectivity index (χ1) is 8.03. The molecule has 5 heteroatoms. The lowest BCUT2D eigenvalue weighted by atomic mass is 9.92. The Kier molecular flexibility index (Phi) is 3.19. The van der Waals surface area contributed by atoms with Gasteiger partial charge in [-0.2, -0.15) is 5.10 Å².